The average Bonchev–Trinajstić information content (AvgIpc) is 2.29. The van der Waals surface area contributed by atoms with Crippen molar-refractivity contribution in [1.82, 2.24) is 0 Å². The number of hydrogen-bond donors (Lipinski definition) is 1. The van der Waals surface area contributed by atoms with Crippen LogP contribution in [-0.2, 0) is 0 Å². The van der Waals surface area contributed by atoms with Crippen LogP contribution >= 0.6 is 0 Å². The van der Waals surface area contributed by atoms with Crippen molar-refractivity contribution in [3.63, 3.8) is 0 Å². The molecule has 0 amide bonds. The van der Waals surface area contributed by atoms with E-state index in [0.717, 1.165) is 33.8 Å². The van der Waals surface area contributed by atoms with Crippen LogP contribution in [0.5, 0.6) is 11.5 Å². The van der Waals surface area contributed by atoms with Gasteiger partial charge in [0, 0.05) is 11.8 Å². The topological polar surface area (TPSA) is 35.2 Å². The van der Waals surface area contributed by atoms with Gasteiger partial charge >= 0.3 is 0 Å². The minimum atomic E-state index is 0.731. The van der Waals surface area contributed by atoms with Gasteiger partial charge in [0.2, 0.25) is 0 Å². The first-order valence-corrected chi connectivity index (χ1v) is 5.46. The van der Waals surface area contributed by atoms with Crippen molar-refractivity contribution in [3.8, 4) is 11.5 Å². The van der Waals surface area contributed by atoms with Gasteiger partial charge in [-0.25, -0.2) is 0 Å². The number of ether oxygens (including phenoxy) is 1. The lowest BCUT2D eigenvalue weighted by Gasteiger charge is -2.09. The lowest BCUT2D eigenvalue weighted by atomic mass is 9.91. The molecule has 2 aromatic rings. The van der Waals surface area contributed by atoms with Gasteiger partial charge in [-0.2, -0.15) is 0 Å². The number of aryl methyl sites for hydroxylation is 2. The van der Waals surface area contributed by atoms with Crippen LogP contribution in [-0.4, -0.2) is 7.85 Å². The fourth-order valence-corrected chi connectivity index (χ4v) is 1.53. The number of nitrogens with two attached hydrogens (primary N) is 1. The number of benzene rings is 2. The van der Waals surface area contributed by atoms with Crippen LogP contribution in [0.4, 0.5) is 5.69 Å². The van der Waals surface area contributed by atoms with Crippen molar-refractivity contribution in [2.75, 3.05) is 5.73 Å². The van der Waals surface area contributed by atoms with Crippen molar-refractivity contribution in [2.45, 2.75) is 13.8 Å². The van der Waals surface area contributed by atoms with Gasteiger partial charge in [-0.05, 0) is 37.6 Å². The van der Waals surface area contributed by atoms with E-state index in [-0.39, 0.29) is 0 Å². The fourth-order valence-electron chi connectivity index (χ4n) is 1.53. The van der Waals surface area contributed by atoms with Gasteiger partial charge in [0.1, 0.15) is 19.3 Å². The highest BCUT2D eigenvalue weighted by Crippen LogP contribution is 2.24. The van der Waals surface area contributed by atoms with Gasteiger partial charge in [-0.15, -0.1) is 0 Å². The second-order valence-corrected chi connectivity index (χ2v) is 4.14. The lowest BCUT2D eigenvalue weighted by molar-refractivity contribution is 0.482. The maximum Gasteiger partial charge on any atom is 0.129 e. The van der Waals surface area contributed by atoms with E-state index in [4.69, 9.17) is 18.3 Å². The monoisotopic (exact) mass is 223 g/mol. The van der Waals surface area contributed by atoms with Crippen molar-refractivity contribution in [1.29, 1.82) is 0 Å². The molecule has 84 valence electrons. The first-order valence-electron chi connectivity index (χ1n) is 5.46. The Kier molecular flexibility index (Phi) is 3.09. The number of rotatable bonds is 2. The predicted octanol–water partition coefficient (Wildman–Crippen LogP) is 2.47. The molecular formula is C14H14BNO. The zero-order chi connectivity index (χ0) is 12.4. The van der Waals surface area contributed by atoms with Crippen LogP contribution in [0.3, 0.4) is 0 Å². The Morgan fingerprint density at radius 3 is 2.24 bits per heavy atom. The highest BCUT2D eigenvalue weighted by Gasteiger charge is 2.01. The third-order valence-electron chi connectivity index (χ3n) is 2.73. The van der Waals surface area contributed by atoms with E-state index in [1.54, 1.807) is 0 Å². The SMILES string of the molecule is [B]c1ccc(Oc2ccc(C)c(N)c2)cc1C. The molecule has 2 rings (SSSR count). The van der Waals surface area contributed by atoms with E-state index in [2.05, 4.69) is 0 Å². The molecule has 0 heterocycles. The molecule has 2 radical (unpaired) electrons. The summed E-state index contributed by atoms with van der Waals surface area (Å²) in [6, 6.07) is 11.2. The molecule has 2 N–H and O–H groups in total. The summed E-state index contributed by atoms with van der Waals surface area (Å²) in [7, 11) is 5.75. The Morgan fingerprint density at radius 1 is 0.941 bits per heavy atom. The molecule has 0 saturated heterocycles. The highest BCUT2D eigenvalue weighted by atomic mass is 16.5. The first kappa shape index (κ1) is 11.6. The standard InChI is InChI=1S/C14H14BNO/c1-9-3-4-12(8-14(9)16)17-11-5-6-13(15)10(2)7-11/h3-8H,16H2,1-2H3. The molecule has 0 fully saturated rings. The maximum atomic E-state index is 5.83. The molecule has 2 nitrogen and oxygen atoms in total. The van der Waals surface area contributed by atoms with Gasteiger partial charge in [0.15, 0.2) is 0 Å². The number of hydrogen-bond acceptors (Lipinski definition) is 2. The van der Waals surface area contributed by atoms with Gasteiger partial charge in [-0.3, -0.25) is 0 Å². The van der Waals surface area contributed by atoms with Crippen LogP contribution in [0.15, 0.2) is 36.4 Å². The average molecular weight is 223 g/mol. The third kappa shape index (κ3) is 2.62. The molecule has 0 bridgehead atoms. The Morgan fingerprint density at radius 2 is 1.59 bits per heavy atom. The molecule has 0 aliphatic rings. The molecule has 0 aliphatic heterocycles. The van der Waals surface area contributed by atoms with E-state index < -0.39 is 0 Å². The molecule has 0 saturated carbocycles. The molecule has 2 aromatic carbocycles. The fraction of sp³-hybridized carbons (Fsp3) is 0.143. The van der Waals surface area contributed by atoms with Gasteiger partial charge in [0.25, 0.3) is 0 Å². The zero-order valence-corrected chi connectivity index (χ0v) is 10.0. The predicted molar refractivity (Wildman–Crippen MR) is 72.2 cm³/mol. The molecule has 17 heavy (non-hydrogen) atoms. The van der Waals surface area contributed by atoms with Crippen LogP contribution in [0, 0.1) is 13.8 Å². The summed E-state index contributed by atoms with van der Waals surface area (Å²) >= 11 is 0. The summed E-state index contributed by atoms with van der Waals surface area (Å²) in [6.45, 7) is 3.91. The Balaban J connectivity index is 2.25. The summed E-state index contributed by atoms with van der Waals surface area (Å²) in [5.41, 5.74) is 9.37. The van der Waals surface area contributed by atoms with Crippen LogP contribution < -0.4 is 15.9 Å². The second kappa shape index (κ2) is 4.54. The molecular weight excluding hydrogens is 209 g/mol. The first-order chi connectivity index (χ1) is 8.06. The number of anilines is 1. The van der Waals surface area contributed by atoms with Gasteiger partial charge in [0.05, 0.1) is 0 Å². The van der Waals surface area contributed by atoms with Crippen LogP contribution in [0.25, 0.3) is 0 Å². The Bertz CT molecular complexity index is 502. The van der Waals surface area contributed by atoms with Crippen molar-refractivity contribution < 1.29 is 4.74 Å². The Hall–Kier alpha value is -1.90. The number of nitrogen functional groups attached to an aromatic ring is 1. The third-order valence-corrected chi connectivity index (χ3v) is 2.73. The Labute approximate surface area is 103 Å². The summed E-state index contributed by atoms with van der Waals surface area (Å²) < 4.78 is 5.71. The second-order valence-electron chi connectivity index (χ2n) is 4.14. The smallest absolute Gasteiger partial charge is 0.129 e. The largest absolute Gasteiger partial charge is 0.457 e. The summed E-state index contributed by atoms with van der Waals surface area (Å²) in [4.78, 5) is 0. The zero-order valence-electron chi connectivity index (χ0n) is 10.0. The van der Waals surface area contributed by atoms with E-state index in [0.29, 0.717) is 0 Å². The lowest BCUT2D eigenvalue weighted by Crippen LogP contribution is -2.05. The molecule has 0 aliphatic carbocycles. The van der Waals surface area contributed by atoms with Crippen LogP contribution in [0.2, 0.25) is 0 Å². The maximum absolute atomic E-state index is 5.83. The van der Waals surface area contributed by atoms with Crippen molar-refractivity contribution in [3.05, 3.63) is 47.5 Å². The van der Waals surface area contributed by atoms with Crippen LogP contribution in [0.1, 0.15) is 11.1 Å². The molecule has 0 spiro atoms. The summed E-state index contributed by atoms with van der Waals surface area (Å²) in [5.74, 6) is 1.50. The molecule has 0 atom stereocenters. The minimum Gasteiger partial charge on any atom is -0.457 e. The van der Waals surface area contributed by atoms with Gasteiger partial charge in [-0.1, -0.05) is 23.2 Å². The molecule has 3 heteroatoms. The summed E-state index contributed by atoms with van der Waals surface area (Å²) in [5, 5.41) is 0. The minimum absolute atomic E-state index is 0.731. The van der Waals surface area contributed by atoms with Crippen molar-refractivity contribution >= 4 is 19.0 Å². The van der Waals surface area contributed by atoms with Crippen molar-refractivity contribution in [2.24, 2.45) is 0 Å². The van der Waals surface area contributed by atoms with E-state index in [9.17, 15) is 0 Å². The van der Waals surface area contributed by atoms with E-state index in [1.165, 1.54) is 0 Å². The van der Waals surface area contributed by atoms with Gasteiger partial charge < -0.3 is 10.5 Å². The van der Waals surface area contributed by atoms with E-state index >= 15 is 0 Å². The highest BCUT2D eigenvalue weighted by molar-refractivity contribution is 6.33. The quantitative estimate of drug-likeness (QED) is 0.626. The normalized spacial score (nSPS) is 10.2. The molecule has 0 aromatic heterocycles. The molecule has 0 unspecified atom stereocenters. The van der Waals surface area contributed by atoms with E-state index in [1.807, 2.05) is 50.2 Å². The summed E-state index contributed by atoms with van der Waals surface area (Å²) in [6.07, 6.45) is 0.